The second-order valence-corrected chi connectivity index (χ2v) is 8.12. The Morgan fingerprint density at radius 2 is 1.86 bits per heavy atom. The minimum atomic E-state index is -5.96. The van der Waals surface area contributed by atoms with Crippen LogP contribution >= 0.6 is 0 Å². The van der Waals surface area contributed by atoms with E-state index in [1.165, 1.54) is 0 Å². The molecule has 0 fully saturated rings. The van der Waals surface area contributed by atoms with Crippen molar-refractivity contribution in [3.05, 3.63) is 52.8 Å². The molecule has 0 heterocycles. The minimum absolute atomic E-state index is 0.157. The Bertz CT molecular complexity index is 1140. The van der Waals surface area contributed by atoms with Gasteiger partial charge in [-0.3, -0.25) is 0 Å². The van der Waals surface area contributed by atoms with Crippen molar-refractivity contribution >= 4 is 9.84 Å². The Labute approximate surface area is 160 Å². The largest absolute Gasteiger partial charge is 0.501 e. The average molecular weight is 436 g/mol. The van der Waals surface area contributed by atoms with E-state index in [-0.39, 0.29) is 11.3 Å². The van der Waals surface area contributed by atoms with E-state index in [4.69, 9.17) is 15.7 Å². The molecule has 0 spiro atoms. The van der Waals surface area contributed by atoms with Crippen molar-refractivity contribution in [3.63, 3.8) is 0 Å². The molecule has 0 amide bonds. The van der Waals surface area contributed by atoms with Gasteiger partial charge in [-0.2, -0.15) is 18.4 Å². The Balaban J connectivity index is 2.19. The van der Waals surface area contributed by atoms with Crippen LogP contribution in [0.15, 0.2) is 35.2 Å². The molecule has 0 aromatic heterocycles. The fourth-order valence-corrected chi connectivity index (χ4v) is 4.01. The van der Waals surface area contributed by atoms with Crippen molar-refractivity contribution in [1.29, 1.82) is 5.26 Å². The summed E-state index contributed by atoms with van der Waals surface area (Å²) in [5.74, 6) is -5.34. The number of hydrogen-bond donors (Lipinski definition) is 1. The summed E-state index contributed by atoms with van der Waals surface area (Å²) in [6.45, 7) is 0. The maximum atomic E-state index is 14.1. The summed E-state index contributed by atoms with van der Waals surface area (Å²) in [7, 11) is -5.96. The van der Waals surface area contributed by atoms with Crippen LogP contribution in [0.1, 0.15) is 22.7 Å². The van der Waals surface area contributed by atoms with Gasteiger partial charge in [-0.15, -0.1) is 0 Å². The molecule has 3 rings (SSSR count). The molecule has 2 N–H and O–H groups in total. The van der Waals surface area contributed by atoms with Crippen LogP contribution in [-0.4, -0.2) is 19.8 Å². The first-order chi connectivity index (χ1) is 13.3. The van der Waals surface area contributed by atoms with Gasteiger partial charge >= 0.3 is 5.51 Å². The van der Waals surface area contributed by atoms with E-state index < -0.39 is 61.3 Å². The van der Waals surface area contributed by atoms with Gasteiger partial charge in [0.2, 0.25) is 0 Å². The monoisotopic (exact) mass is 436 g/mol. The van der Waals surface area contributed by atoms with Crippen molar-refractivity contribution in [1.82, 2.24) is 0 Å². The lowest BCUT2D eigenvalue weighted by atomic mass is 10.1. The van der Waals surface area contributed by atoms with Crippen LogP contribution in [0.2, 0.25) is 0 Å². The Kier molecular flexibility index (Phi) is 4.79. The lowest BCUT2D eigenvalue weighted by Crippen LogP contribution is -2.31. The molecule has 0 saturated heterocycles. The number of benzene rings is 2. The highest BCUT2D eigenvalue weighted by molar-refractivity contribution is 7.92. The predicted octanol–water partition coefficient (Wildman–Crippen LogP) is 3.97. The third-order valence-electron chi connectivity index (χ3n) is 4.28. The van der Waals surface area contributed by atoms with Crippen LogP contribution in [0.25, 0.3) is 0 Å². The van der Waals surface area contributed by atoms with E-state index in [1.54, 1.807) is 6.07 Å². The molecule has 1 aliphatic carbocycles. The predicted molar refractivity (Wildman–Crippen MR) is 86.5 cm³/mol. The van der Waals surface area contributed by atoms with Gasteiger partial charge in [-0.25, -0.2) is 21.6 Å². The topological polar surface area (TPSA) is 93.2 Å². The van der Waals surface area contributed by atoms with Crippen LogP contribution in [0, 0.1) is 17.1 Å². The van der Waals surface area contributed by atoms with Crippen molar-refractivity contribution in [2.45, 2.75) is 28.8 Å². The fourth-order valence-electron chi connectivity index (χ4n) is 2.97. The second kappa shape index (κ2) is 6.64. The molecule has 2 aromatic rings. The van der Waals surface area contributed by atoms with Crippen LogP contribution in [0.4, 0.5) is 26.3 Å². The van der Waals surface area contributed by atoms with Gasteiger partial charge in [-0.1, -0.05) is 0 Å². The highest BCUT2D eigenvalue weighted by Crippen LogP contribution is 2.50. The van der Waals surface area contributed by atoms with E-state index >= 15 is 0 Å². The fraction of sp³-hybridized carbons (Fsp3) is 0.235. The standard InChI is InChI=1S/C17H10F6N2O3S/c18-9-3-8(7-24)4-10(5-9)28-12-1-2-13(29(26,27)17(21,22)23)14-11(12)6-16(19,20)15(14)25/h1-5,15H,6,25H2/t15-/m0/s1. The number of nitrogens with zero attached hydrogens (tertiary/aromatic N) is 1. The molecule has 0 unspecified atom stereocenters. The van der Waals surface area contributed by atoms with Gasteiger partial charge in [0.25, 0.3) is 15.8 Å². The smallest absolute Gasteiger partial charge is 0.457 e. The highest BCUT2D eigenvalue weighted by atomic mass is 32.2. The summed E-state index contributed by atoms with van der Waals surface area (Å²) in [6.07, 6.45) is -1.18. The van der Waals surface area contributed by atoms with Crippen molar-refractivity contribution in [2.24, 2.45) is 5.73 Å². The zero-order valence-electron chi connectivity index (χ0n) is 14.1. The SMILES string of the molecule is N#Cc1cc(F)cc(Oc2ccc(S(=O)(=O)C(F)(F)F)c3c2CC(F)(F)[C@H]3N)c1. The molecule has 0 aliphatic heterocycles. The van der Waals surface area contributed by atoms with Crippen LogP contribution < -0.4 is 10.5 Å². The number of nitrogens with two attached hydrogens (primary N) is 1. The molecular weight excluding hydrogens is 426 g/mol. The summed E-state index contributed by atoms with van der Waals surface area (Å²) >= 11 is 0. The van der Waals surface area contributed by atoms with Crippen molar-refractivity contribution in [3.8, 4) is 17.6 Å². The van der Waals surface area contributed by atoms with E-state index in [1.807, 2.05) is 0 Å². The van der Waals surface area contributed by atoms with Gasteiger partial charge in [0, 0.05) is 23.6 Å². The maximum Gasteiger partial charge on any atom is 0.501 e. The van der Waals surface area contributed by atoms with Gasteiger partial charge in [0.15, 0.2) is 0 Å². The van der Waals surface area contributed by atoms with Crippen molar-refractivity contribution < 1.29 is 39.5 Å². The number of alkyl halides is 5. The lowest BCUT2D eigenvalue weighted by Gasteiger charge is -2.18. The maximum absolute atomic E-state index is 14.1. The van der Waals surface area contributed by atoms with E-state index in [9.17, 15) is 34.8 Å². The zero-order chi connectivity index (χ0) is 21.8. The Hall–Kier alpha value is -2.78. The van der Waals surface area contributed by atoms with Gasteiger partial charge in [0.1, 0.15) is 17.3 Å². The number of sulfone groups is 1. The molecule has 5 nitrogen and oxygen atoms in total. The number of nitriles is 1. The summed E-state index contributed by atoms with van der Waals surface area (Å²) < 4.78 is 110. The third-order valence-corrected chi connectivity index (χ3v) is 5.82. The second-order valence-electron chi connectivity index (χ2n) is 6.21. The minimum Gasteiger partial charge on any atom is -0.457 e. The molecule has 0 bridgehead atoms. The van der Waals surface area contributed by atoms with E-state index in [0.717, 1.165) is 24.3 Å². The first kappa shape index (κ1) is 20.9. The highest BCUT2D eigenvalue weighted by Gasteiger charge is 2.54. The molecule has 154 valence electrons. The number of ether oxygens (including phenoxy) is 1. The number of fused-ring (bicyclic) bond motifs is 1. The molecule has 0 radical (unpaired) electrons. The van der Waals surface area contributed by atoms with Crippen LogP contribution in [-0.2, 0) is 16.3 Å². The molecular formula is C17H10F6N2O3S. The average Bonchev–Trinajstić information content (AvgIpc) is 2.84. The summed E-state index contributed by atoms with van der Waals surface area (Å²) in [6, 6.07) is 3.31. The van der Waals surface area contributed by atoms with E-state index in [0.29, 0.717) is 6.07 Å². The van der Waals surface area contributed by atoms with Crippen molar-refractivity contribution in [2.75, 3.05) is 0 Å². The molecule has 1 atom stereocenters. The number of hydrogen-bond acceptors (Lipinski definition) is 5. The Morgan fingerprint density at radius 3 is 2.45 bits per heavy atom. The summed E-state index contributed by atoms with van der Waals surface area (Å²) in [4.78, 5) is -1.39. The van der Waals surface area contributed by atoms with Gasteiger partial charge < -0.3 is 10.5 Å². The van der Waals surface area contributed by atoms with Crippen LogP contribution in [0.5, 0.6) is 11.5 Å². The lowest BCUT2D eigenvalue weighted by molar-refractivity contribution is -0.0439. The number of halogens is 6. The molecule has 1 aliphatic rings. The quantitative estimate of drug-likeness (QED) is 0.735. The van der Waals surface area contributed by atoms with E-state index in [2.05, 4.69) is 0 Å². The molecule has 12 heteroatoms. The molecule has 2 aromatic carbocycles. The first-order valence-corrected chi connectivity index (χ1v) is 9.25. The van der Waals surface area contributed by atoms with Gasteiger partial charge in [0.05, 0.1) is 22.6 Å². The summed E-state index contributed by atoms with van der Waals surface area (Å²) in [5.41, 5.74) is -1.99. The first-order valence-electron chi connectivity index (χ1n) is 7.77. The summed E-state index contributed by atoms with van der Waals surface area (Å²) in [5, 5.41) is 8.85. The van der Waals surface area contributed by atoms with Gasteiger partial charge in [-0.05, 0) is 24.3 Å². The third kappa shape index (κ3) is 3.51. The number of rotatable bonds is 3. The molecule has 0 saturated carbocycles. The Morgan fingerprint density at radius 1 is 1.21 bits per heavy atom. The molecule has 29 heavy (non-hydrogen) atoms. The van der Waals surface area contributed by atoms with Crippen LogP contribution in [0.3, 0.4) is 0 Å². The zero-order valence-corrected chi connectivity index (χ0v) is 14.9. The normalized spacial score (nSPS) is 18.2.